The van der Waals surface area contributed by atoms with E-state index in [0.29, 0.717) is 0 Å². The van der Waals surface area contributed by atoms with Crippen LogP contribution in [0.1, 0.15) is 6.92 Å². The van der Waals surface area contributed by atoms with E-state index in [9.17, 15) is 0 Å². The molecule has 80 valence electrons. The second-order valence-corrected chi connectivity index (χ2v) is 3.53. The number of hydrogen-bond donors (Lipinski definition) is 0. The smallest absolute Gasteiger partial charge is 0.167 e. The van der Waals surface area contributed by atoms with Gasteiger partial charge >= 0.3 is 0 Å². The summed E-state index contributed by atoms with van der Waals surface area (Å²) < 4.78 is 3.84. The summed E-state index contributed by atoms with van der Waals surface area (Å²) in [6.07, 6.45) is 5.48. The molecule has 0 atom stereocenters. The van der Waals surface area contributed by atoms with E-state index >= 15 is 0 Å². The van der Waals surface area contributed by atoms with Gasteiger partial charge in [0.1, 0.15) is 6.33 Å². The fourth-order valence-electron chi connectivity index (χ4n) is 1.80. The Labute approximate surface area is 92.4 Å². The number of nitrogens with zero attached hydrogens (tertiary/aromatic N) is 5. The lowest BCUT2D eigenvalue weighted by molar-refractivity contribution is 0.767. The molecule has 0 saturated carbocycles. The van der Waals surface area contributed by atoms with E-state index in [4.69, 9.17) is 0 Å². The van der Waals surface area contributed by atoms with Crippen molar-refractivity contribution in [3.8, 4) is 11.4 Å². The van der Waals surface area contributed by atoms with Crippen molar-refractivity contribution in [2.75, 3.05) is 0 Å². The largest absolute Gasteiger partial charge is 0.314 e. The molecule has 5 nitrogen and oxygen atoms in total. The molecule has 0 bridgehead atoms. The summed E-state index contributed by atoms with van der Waals surface area (Å²) >= 11 is 0. The molecule has 0 saturated heterocycles. The van der Waals surface area contributed by atoms with E-state index in [1.165, 1.54) is 0 Å². The third-order valence-electron chi connectivity index (χ3n) is 2.62. The Morgan fingerprint density at radius 1 is 1.31 bits per heavy atom. The van der Waals surface area contributed by atoms with E-state index in [0.717, 1.165) is 23.4 Å². The maximum Gasteiger partial charge on any atom is 0.167 e. The van der Waals surface area contributed by atoms with Crippen molar-refractivity contribution < 1.29 is 0 Å². The van der Waals surface area contributed by atoms with E-state index in [-0.39, 0.29) is 0 Å². The lowest BCUT2D eigenvalue weighted by Crippen LogP contribution is -1.95. The van der Waals surface area contributed by atoms with Gasteiger partial charge in [0.25, 0.3) is 0 Å². The van der Waals surface area contributed by atoms with Gasteiger partial charge in [0.15, 0.2) is 5.82 Å². The summed E-state index contributed by atoms with van der Waals surface area (Å²) in [4.78, 5) is 0. The average Bonchev–Trinajstić information content (AvgIpc) is 2.94. The highest BCUT2D eigenvalue weighted by Gasteiger charge is 2.11. The van der Waals surface area contributed by atoms with Crippen LogP contribution in [-0.4, -0.2) is 24.4 Å². The van der Waals surface area contributed by atoms with Crippen LogP contribution in [0.15, 0.2) is 36.9 Å². The van der Waals surface area contributed by atoms with E-state index in [1.807, 2.05) is 39.7 Å². The predicted octanol–water partition coefficient (Wildman–Crippen LogP) is 1.61. The van der Waals surface area contributed by atoms with Crippen molar-refractivity contribution in [1.29, 1.82) is 0 Å². The molecular formula is C11H11N5. The molecule has 0 amide bonds. The molecule has 0 unspecified atom stereocenters. The molecule has 0 aliphatic carbocycles. The van der Waals surface area contributed by atoms with E-state index in [1.54, 1.807) is 6.33 Å². The number of fused-ring (bicyclic) bond motifs is 1. The molecule has 0 aliphatic heterocycles. The van der Waals surface area contributed by atoms with Crippen molar-refractivity contribution in [3.63, 3.8) is 0 Å². The highest BCUT2D eigenvalue weighted by atomic mass is 15.3. The molecule has 0 radical (unpaired) electrons. The Kier molecular flexibility index (Phi) is 1.96. The van der Waals surface area contributed by atoms with Crippen molar-refractivity contribution in [1.82, 2.24) is 24.4 Å². The van der Waals surface area contributed by atoms with Gasteiger partial charge in [-0.2, -0.15) is 5.10 Å². The second-order valence-electron chi connectivity index (χ2n) is 3.53. The van der Waals surface area contributed by atoms with Crippen molar-refractivity contribution >= 4 is 5.52 Å². The highest BCUT2D eigenvalue weighted by Crippen LogP contribution is 2.21. The minimum Gasteiger partial charge on any atom is -0.314 e. The Bertz CT molecular complexity index is 622. The van der Waals surface area contributed by atoms with Crippen molar-refractivity contribution in [3.05, 3.63) is 36.9 Å². The summed E-state index contributed by atoms with van der Waals surface area (Å²) in [5.41, 5.74) is 2.06. The van der Waals surface area contributed by atoms with Gasteiger partial charge in [-0.15, -0.1) is 10.2 Å². The zero-order valence-corrected chi connectivity index (χ0v) is 8.91. The minimum atomic E-state index is 0.854. The van der Waals surface area contributed by atoms with Gasteiger partial charge in [-0.25, -0.2) is 4.52 Å². The number of rotatable bonds is 2. The average molecular weight is 213 g/mol. The van der Waals surface area contributed by atoms with Gasteiger partial charge in [-0.05, 0) is 19.1 Å². The van der Waals surface area contributed by atoms with Crippen LogP contribution in [0, 0.1) is 0 Å². The van der Waals surface area contributed by atoms with E-state index in [2.05, 4.69) is 22.2 Å². The van der Waals surface area contributed by atoms with Crippen LogP contribution in [0.2, 0.25) is 0 Å². The molecule has 0 N–H and O–H groups in total. The molecule has 0 aliphatic rings. The first-order chi connectivity index (χ1) is 7.90. The van der Waals surface area contributed by atoms with Crippen molar-refractivity contribution in [2.45, 2.75) is 13.5 Å². The Balaban J connectivity index is 2.26. The number of aromatic nitrogens is 5. The standard InChI is InChI=1S/C11H11N5/c1-2-15-8-12-14-11(15)9-7-13-16-6-4-3-5-10(9)16/h3-8H,2H2,1H3. The quantitative estimate of drug-likeness (QED) is 0.649. The van der Waals surface area contributed by atoms with Crippen LogP contribution in [0.5, 0.6) is 0 Å². The zero-order chi connectivity index (χ0) is 11.0. The predicted molar refractivity (Wildman–Crippen MR) is 59.9 cm³/mol. The molecule has 5 heteroatoms. The Morgan fingerprint density at radius 3 is 3.12 bits per heavy atom. The lowest BCUT2D eigenvalue weighted by atomic mass is 10.2. The van der Waals surface area contributed by atoms with Gasteiger partial charge in [0.2, 0.25) is 0 Å². The summed E-state index contributed by atoms with van der Waals surface area (Å²) in [5, 5.41) is 12.4. The third-order valence-corrected chi connectivity index (χ3v) is 2.62. The topological polar surface area (TPSA) is 48.0 Å². The summed E-state index contributed by atoms with van der Waals surface area (Å²) in [5.74, 6) is 0.865. The van der Waals surface area contributed by atoms with Crippen molar-refractivity contribution in [2.24, 2.45) is 0 Å². The molecule has 0 fully saturated rings. The molecular weight excluding hydrogens is 202 g/mol. The number of hydrogen-bond acceptors (Lipinski definition) is 3. The second kappa shape index (κ2) is 3.44. The van der Waals surface area contributed by atoms with Crippen LogP contribution >= 0.6 is 0 Å². The SMILES string of the molecule is CCn1cnnc1-c1cnn2ccccc12. The Morgan fingerprint density at radius 2 is 2.25 bits per heavy atom. The van der Waals surface area contributed by atoms with Gasteiger partial charge in [0, 0.05) is 12.7 Å². The summed E-state index contributed by atoms with van der Waals surface area (Å²) in [6.45, 7) is 2.92. The van der Waals surface area contributed by atoms with Crippen LogP contribution in [-0.2, 0) is 6.54 Å². The molecule has 3 heterocycles. The highest BCUT2D eigenvalue weighted by molar-refractivity contribution is 5.75. The molecule has 16 heavy (non-hydrogen) atoms. The van der Waals surface area contributed by atoms with Crippen LogP contribution in [0.4, 0.5) is 0 Å². The van der Waals surface area contributed by atoms with Gasteiger partial charge in [-0.1, -0.05) is 6.07 Å². The number of aryl methyl sites for hydroxylation is 1. The fourth-order valence-corrected chi connectivity index (χ4v) is 1.80. The Hall–Kier alpha value is -2.17. The van der Waals surface area contributed by atoms with Gasteiger partial charge < -0.3 is 4.57 Å². The zero-order valence-electron chi connectivity index (χ0n) is 8.91. The molecule has 3 aromatic heterocycles. The lowest BCUT2D eigenvalue weighted by Gasteiger charge is -2.00. The molecule has 3 aromatic rings. The molecule has 0 spiro atoms. The van der Waals surface area contributed by atoms with Crippen LogP contribution < -0.4 is 0 Å². The number of pyridine rings is 1. The van der Waals surface area contributed by atoms with Gasteiger partial charge in [-0.3, -0.25) is 0 Å². The first kappa shape index (κ1) is 9.08. The van der Waals surface area contributed by atoms with Gasteiger partial charge in [0.05, 0.1) is 17.3 Å². The maximum absolute atomic E-state index is 4.29. The third kappa shape index (κ3) is 1.21. The fraction of sp³-hybridized carbons (Fsp3) is 0.182. The van der Waals surface area contributed by atoms with Crippen LogP contribution in [0.25, 0.3) is 16.9 Å². The van der Waals surface area contributed by atoms with Crippen LogP contribution in [0.3, 0.4) is 0 Å². The normalized spacial score (nSPS) is 11.1. The minimum absolute atomic E-state index is 0.854. The molecule has 3 rings (SSSR count). The first-order valence-corrected chi connectivity index (χ1v) is 5.20. The summed E-state index contributed by atoms with van der Waals surface area (Å²) in [7, 11) is 0. The maximum atomic E-state index is 4.29. The summed E-state index contributed by atoms with van der Waals surface area (Å²) in [6, 6.07) is 5.97. The van der Waals surface area contributed by atoms with E-state index < -0.39 is 0 Å². The first-order valence-electron chi connectivity index (χ1n) is 5.20. The monoisotopic (exact) mass is 213 g/mol. The molecule has 0 aromatic carbocycles.